The van der Waals surface area contributed by atoms with Crippen molar-refractivity contribution < 1.29 is 23.6 Å². The van der Waals surface area contributed by atoms with Crippen LogP contribution in [0.5, 0.6) is 0 Å². The number of alkyl halides is 2. The number of hydrogen-bond donors (Lipinski definition) is 4. The first-order valence-corrected chi connectivity index (χ1v) is 10.6. The molecule has 0 saturated heterocycles. The summed E-state index contributed by atoms with van der Waals surface area (Å²) >= 11 is 11.2. The summed E-state index contributed by atoms with van der Waals surface area (Å²) in [5, 5.41) is 4.41. The van der Waals surface area contributed by atoms with Crippen LogP contribution in [0.2, 0.25) is 5.02 Å². The number of nitrogens with one attached hydrogen (secondary N) is 3. The molecule has 1 aromatic carbocycles. The van der Waals surface area contributed by atoms with Crippen LogP contribution in [0.3, 0.4) is 0 Å². The van der Waals surface area contributed by atoms with Crippen LogP contribution in [-0.2, 0) is 14.4 Å². The first-order valence-electron chi connectivity index (χ1n) is 9.75. The first-order chi connectivity index (χ1) is 15.0. The lowest BCUT2D eigenvalue weighted by atomic mass is 10.0. The van der Waals surface area contributed by atoms with Gasteiger partial charge in [0, 0.05) is 22.3 Å². The van der Waals surface area contributed by atoms with Crippen LogP contribution in [0.15, 0.2) is 24.3 Å². The molecule has 12 heteroatoms. The zero-order valence-electron chi connectivity index (χ0n) is 17.5. The van der Waals surface area contributed by atoms with Crippen molar-refractivity contribution >= 4 is 57.7 Å². The van der Waals surface area contributed by atoms with E-state index in [1.54, 1.807) is 24.3 Å². The van der Waals surface area contributed by atoms with Crippen LogP contribution < -0.4 is 16.5 Å². The van der Waals surface area contributed by atoms with E-state index in [9.17, 15) is 23.6 Å². The van der Waals surface area contributed by atoms with Gasteiger partial charge in [-0.15, -0.1) is 0 Å². The summed E-state index contributed by atoms with van der Waals surface area (Å²) in [5.74, 6) is -3.36. The Morgan fingerprint density at radius 2 is 1.91 bits per heavy atom. The predicted octanol–water partition coefficient (Wildman–Crippen LogP) is 2.24. The lowest BCUT2D eigenvalue weighted by molar-refractivity contribution is -0.144. The van der Waals surface area contributed by atoms with Gasteiger partial charge in [-0.1, -0.05) is 37.0 Å². The summed E-state index contributed by atoms with van der Waals surface area (Å²) in [6.07, 6.45) is -0.101. The minimum atomic E-state index is -2.43. The molecule has 1 heterocycles. The topological polar surface area (TPSA) is 137 Å². The number of fused-ring (bicyclic) bond motifs is 1. The molecule has 2 atom stereocenters. The maximum absolute atomic E-state index is 13.3. The number of H-pyrrole nitrogens is 1. The number of nitrogens with zero attached hydrogens (tertiary/aromatic N) is 1. The third-order valence-corrected chi connectivity index (χ3v) is 4.86. The zero-order chi connectivity index (χ0) is 24.0. The molecular formula is C20H24Cl2FN5O4. The molecule has 0 radical (unpaired) electrons. The third kappa shape index (κ3) is 7.10. The molecule has 5 N–H and O–H groups in total. The van der Waals surface area contributed by atoms with E-state index in [4.69, 9.17) is 28.9 Å². The van der Waals surface area contributed by atoms with E-state index in [2.05, 4.69) is 15.7 Å². The van der Waals surface area contributed by atoms with Crippen LogP contribution in [0.4, 0.5) is 4.39 Å². The molecule has 32 heavy (non-hydrogen) atoms. The van der Waals surface area contributed by atoms with Gasteiger partial charge in [-0.3, -0.25) is 24.6 Å². The van der Waals surface area contributed by atoms with Crippen LogP contribution in [0.1, 0.15) is 37.2 Å². The zero-order valence-corrected chi connectivity index (χ0v) is 19.0. The molecule has 4 amide bonds. The third-order valence-electron chi connectivity index (χ3n) is 4.44. The molecule has 0 saturated carbocycles. The fourth-order valence-corrected chi connectivity index (χ4v) is 3.24. The molecule has 1 aromatic heterocycles. The average Bonchev–Trinajstić information content (AvgIpc) is 3.12. The quantitative estimate of drug-likeness (QED) is 0.318. The van der Waals surface area contributed by atoms with Crippen molar-refractivity contribution in [2.24, 2.45) is 11.7 Å². The summed E-state index contributed by atoms with van der Waals surface area (Å²) in [6.45, 7) is 3.30. The highest BCUT2D eigenvalue weighted by Gasteiger charge is 2.29. The van der Waals surface area contributed by atoms with Crippen molar-refractivity contribution in [2.75, 3.05) is 6.54 Å². The van der Waals surface area contributed by atoms with Crippen molar-refractivity contribution in [2.45, 2.75) is 38.4 Å². The van der Waals surface area contributed by atoms with Crippen molar-refractivity contribution in [3.8, 4) is 0 Å². The number of carbonyl (C=O) groups excluding carboxylic acids is 4. The molecule has 0 aliphatic heterocycles. The van der Waals surface area contributed by atoms with E-state index in [1.807, 2.05) is 13.8 Å². The number of amides is 4. The Kier molecular flexibility index (Phi) is 8.85. The van der Waals surface area contributed by atoms with Gasteiger partial charge in [0.1, 0.15) is 11.7 Å². The summed E-state index contributed by atoms with van der Waals surface area (Å²) in [5.41, 5.74) is 5.74. The summed E-state index contributed by atoms with van der Waals surface area (Å²) in [4.78, 5) is 51.5. The Morgan fingerprint density at radius 1 is 1.22 bits per heavy atom. The number of carbonyl (C=O) groups is 4. The first kappa shape index (κ1) is 25.4. The normalized spacial score (nSPS) is 12.9. The molecule has 2 rings (SSSR count). The molecule has 0 unspecified atom stereocenters. The summed E-state index contributed by atoms with van der Waals surface area (Å²) in [6, 6.07) is 5.60. The molecule has 0 spiro atoms. The van der Waals surface area contributed by atoms with E-state index < -0.39 is 35.3 Å². The maximum atomic E-state index is 13.3. The number of hydrogen-bond acceptors (Lipinski definition) is 4. The SMILES string of the molecule is CC(C)C[C@H](NC(=O)c1cc2cc(Cl)ccc2[nH]1)C(=O)NN(CCC(N)=O)C(=O)[C@H](F)Cl. The van der Waals surface area contributed by atoms with Crippen LogP contribution in [0, 0.1) is 5.92 Å². The molecule has 174 valence electrons. The van der Waals surface area contributed by atoms with Gasteiger partial charge in [0.15, 0.2) is 0 Å². The Labute approximate surface area is 193 Å². The molecule has 0 fully saturated rings. The second-order valence-corrected chi connectivity index (χ2v) is 8.37. The highest BCUT2D eigenvalue weighted by molar-refractivity contribution is 6.31. The van der Waals surface area contributed by atoms with Crippen molar-refractivity contribution in [1.29, 1.82) is 0 Å². The summed E-state index contributed by atoms with van der Waals surface area (Å²) < 4.78 is 13.3. The lowest BCUT2D eigenvalue weighted by Crippen LogP contribution is -2.56. The minimum Gasteiger partial charge on any atom is -0.370 e. The fraction of sp³-hybridized carbons (Fsp3) is 0.400. The fourth-order valence-electron chi connectivity index (χ4n) is 2.94. The number of benzene rings is 1. The van der Waals surface area contributed by atoms with Gasteiger partial charge in [-0.05, 0) is 36.6 Å². The number of primary amides is 1. The van der Waals surface area contributed by atoms with Crippen molar-refractivity contribution in [1.82, 2.24) is 20.7 Å². The second kappa shape index (κ2) is 11.1. The van der Waals surface area contributed by atoms with E-state index in [1.165, 1.54) is 0 Å². The van der Waals surface area contributed by atoms with Crippen molar-refractivity contribution in [3.63, 3.8) is 0 Å². The molecule has 0 bridgehead atoms. The van der Waals surface area contributed by atoms with Crippen LogP contribution >= 0.6 is 23.2 Å². The Balaban J connectivity index is 2.18. The van der Waals surface area contributed by atoms with E-state index >= 15 is 0 Å². The van der Waals surface area contributed by atoms with Gasteiger partial charge in [-0.25, -0.2) is 9.40 Å². The van der Waals surface area contributed by atoms with Crippen LogP contribution in [-0.4, -0.2) is 51.8 Å². The maximum Gasteiger partial charge on any atom is 0.291 e. The van der Waals surface area contributed by atoms with Gasteiger partial charge in [0.05, 0.1) is 6.54 Å². The van der Waals surface area contributed by atoms with Gasteiger partial charge in [0.2, 0.25) is 5.91 Å². The molecule has 0 aliphatic rings. The largest absolute Gasteiger partial charge is 0.370 e. The Bertz CT molecular complexity index is 1010. The smallest absolute Gasteiger partial charge is 0.291 e. The number of halogens is 3. The highest BCUT2D eigenvalue weighted by Crippen LogP contribution is 2.20. The number of aromatic nitrogens is 1. The molecule has 0 aliphatic carbocycles. The molecule has 9 nitrogen and oxygen atoms in total. The monoisotopic (exact) mass is 487 g/mol. The van der Waals surface area contributed by atoms with Gasteiger partial charge < -0.3 is 16.0 Å². The number of hydrazine groups is 1. The standard InChI is InChI=1S/C20H24Cl2FN5O4/c1-10(2)7-14(19(31)27-28(6-5-16(24)29)20(32)17(22)23)26-18(30)15-9-11-8-12(21)3-4-13(11)25-15/h3-4,8-10,14,17,25H,5-7H2,1-2H3,(H2,24,29)(H,26,30)(H,27,31)/t14-,17-/m0/s1. The van der Waals surface area contributed by atoms with E-state index in [-0.39, 0.29) is 31.0 Å². The molecular weight excluding hydrogens is 464 g/mol. The lowest BCUT2D eigenvalue weighted by Gasteiger charge is -2.27. The minimum absolute atomic E-state index is 0.00991. The van der Waals surface area contributed by atoms with Gasteiger partial charge in [0.25, 0.3) is 23.4 Å². The number of aromatic amines is 1. The Morgan fingerprint density at radius 3 is 2.50 bits per heavy atom. The number of rotatable bonds is 9. The van der Waals surface area contributed by atoms with Crippen molar-refractivity contribution in [3.05, 3.63) is 35.0 Å². The van der Waals surface area contributed by atoms with E-state index in [0.29, 0.717) is 20.9 Å². The number of nitrogens with two attached hydrogens (primary N) is 1. The highest BCUT2D eigenvalue weighted by atomic mass is 35.5. The average molecular weight is 488 g/mol. The van der Waals surface area contributed by atoms with E-state index in [0.717, 1.165) is 0 Å². The van der Waals surface area contributed by atoms with Crippen LogP contribution in [0.25, 0.3) is 10.9 Å². The van der Waals surface area contributed by atoms with Gasteiger partial charge >= 0.3 is 0 Å². The second-order valence-electron chi connectivity index (χ2n) is 7.55. The summed E-state index contributed by atoms with van der Waals surface area (Å²) in [7, 11) is 0. The predicted molar refractivity (Wildman–Crippen MR) is 118 cm³/mol. The van der Waals surface area contributed by atoms with Gasteiger partial charge in [-0.2, -0.15) is 0 Å². The molecule has 2 aromatic rings. The Hall–Kier alpha value is -2.85.